The van der Waals surface area contributed by atoms with Crippen molar-refractivity contribution in [1.82, 2.24) is 4.90 Å². The monoisotopic (exact) mass is 322 g/mol. The molecule has 0 radical (unpaired) electrons. The summed E-state index contributed by atoms with van der Waals surface area (Å²) in [7, 11) is 0. The molecule has 0 saturated heterocycles. The Morgan fingerprint density at radius 2 is 2.00 bits per heavy atom. The number of hydrogen-bond donors (Lipinski definition) is 1. The van der Waals surface area contributed by atoms with Crippen molar-refractivity contribution < 1.29 is 9.59 Å². The molecule has 0 aromatic heterocycles. The van der Waals surface area contributed by atoms with Crippen molar-refractivity contribution in [3.05, 3.63) is 28.8 Å². The van der Waals surface area contributed by atoms with E-state index in [0.29, 0.717) is 24.0 Å². The van der Waals surface area contributed by atoms with Crippen LogP contribution in [0.3, 0.4) is 0 Å². The molecule has 1 N–H and O–H groups in total. The Morgan fingerprint density at radius 1 is 1.32 bits per heavy atom. The smallest absolute Gasteiger partial charge is 0.226 e. The van der Waals surface area contributed by atoms with Crippen molar-refractivity contribution >= 4 is 29.1 Å². The fourth-order valence-corrected chi connectivity index (χ4v) is 3.15. The maximum atomic E-state index is 12.1. The number of aryl methyl sites for hydroxylation is 1. The second-order valence-corrected chi connectivity index (χ2v) is 6.34. The Bertz CT molecular complexity index is 554. The number of carbonyl (C=O) groups is 2. The van der Waals surface area contributed by atoms with Gasteiger partial charge >= 0.3 is 0 Å². The van der Waals surface area contributed by atoms with Gasteiger partial charge in [-0.2, -0.15) is 0 Å². The Labute approximate surface area is 136 Å². The van der Waals surface area contributed by atoms with Crippen LogP contribution >= 0.6 is 11.6 Å². The van der Waals surface area contributed by atoms with Crippen molar-refractivity contribution in [2.75, 3.05) is 11.9 Å². The first-order valence-corrected chi connectivity index (χ1v) is 8.18. The van der Waals surface area contributed by atoms with E-state index < -0.39 is 0 Å². The highest BCUT2D eigenvalue weighted by Crippen LogP contribution is 2.24. The molecule has 1 aromatic rings. The van der Waals surface area contributed by atoms with Crippen LogP contribution in [0.25, 0.3) is 0 Å². The predicted octanol–water partition coefficient (Wildman–Crippen LogP) is 3.77. The minimum Gasteiger partial charge on any atom is -0.339 e. The molecule has 1 aliphatic rings. The van der Waals surface area contributed by atoms with Crippen molar-refractivity contribution in [2.45, 2.75) is 52.0 Å². The van der Waals surface area contributed by atoms with Crippen LogP contribution in [0.1, 0.15) is 44.6 Å². The topological polar surface area (TPSA) is 49.4 Å². The number of rotatable bonds is 5. The highest BCUT2D eigenvalue weighted by molar-refractivity contribution is 6.31. The zero-order valence-corrected chi connectivity index (χ0v) is 13.9. The Balaban J connectivity index is 1.90. The van der Waals surface area contributed by atoms with E-state index >= 15 is 0 Å². The standard InChI is InChI=1S/C17H23ClN2O2/c1-12-7-8-14(18)11-16(12)19-17(22)9-10-20(13(2)21)15-5-3-4-6-15/h7-8,11,15H,3-6,9-10H2,1-2H3,(H,19,22). The van der Waals surface area contributed by atoms with Crippen LogP contribution in [0, 0.1) is 6.92 Å². The van der Waals surface area contributed by atoms with Gasteiger partial charge in [0.2, 0.25) is 11.8 Å². The molecule has 22 heavy (non-hydrogen) atoms. The van der Waals surface area contributed by atoms with Crippen molar-refractivity contribution in [3.8, 4) is 0 Å². The van der Waals surface area contributed by atoms with Crippen LogP contribution in [0.4, 0.5) is 5.69 Å². The summed E-state index contributed by atoms with van der Waals surface area (Å²) in [6.07, 6.45) is 4.75. The molecule has 1 saturated carbocycles. The summed E-state index contributed by atoms with van der Waals surface area (Å²) >= 11 is 5.95. The van der Waals surface area contributed by atoms with Gasteiger partial charge < -0.3 is 10.2 Å². The zero-order valence-electron chi connectivity index (χ0n) is 13.2. The molecule has 0 unspecified atom stereocenters. The zero-order chi connectivity index (χ0) is 16.1. The maximum Gasteiger partial charge on any atom is 0.226 e. The van der Waals surface area contributed by atoms with E-state index in [4.69, 9.17) is 11.6 Å². The van der Waals surface area contributed by atoms with Gasteiger partial charge in [0.15, 0.2) is 0 Å². The van der Waals surface area contributed by atoms with Crippen LogP contribution in [-0.4, -0.2) is 29.3 Å². The molecule has 0 spiro atoms. The minimum atomic E-state index is -0.0883. The van der Waals surface area contributed by atoms with E-state index in [1.807, 2.05) is 17.9 Å². The largest absolute Gasteiger partial charge is 0.339 e. The van der Waals surface area contributed by atoms with Gasteiger partial charge in [-0.25, -0.2) is 0 Å². The molecule has 2 amide bonds. The molecular formula is C17H23ClN2O2. The minimum absolute atomic E-state index is 0.0543. The molecule has 1 fully saturated rings. The molecule has 0 bridgehead atoms. The number of nitrogens with one attached hydrogen (secondary N) is 1. The quantitative estimate of drug-likeness (QED) is 0.897. The lowest BCUT2D eigenvalue weighted by Crippen LogP contribution is -2.39. The van der Waals surface area contributed by atoms with Crippen LogP contribution in [0.5, 0.6) is 0 Å². The summed E-state index contributed by atoms with van der Waals surface area (Å²) in [4.78, 5) is 25.7. The Kier molecular flexibility index (Phi) is 5.83. The highest BCUT2D eigenvalue weighted by Gasteiger charge is 2.24. The lowest BCUT2D eigenvalue weighted by atomic mass is 10.2. The molecule has 5 heteroatoms. The van der Waals surface area contributed by atoms with E-state index in [9.17, 15) is 9.59 Å². The van der Waals surface area contributed by atoms with E-state index in [1.165, 1.54) is 12.8 Å². The van der Waals surface area contributed by atoms with E-state index in [-0.39, 0.29) is 11.8 Å². The van der Waals surface area contributed by atoms with Gasteiger partial charge in [0.1, 0.15) is 0 Å². The van der Waals surface area contributed by atoms with E-state index in [0.717, 1.165) is 24.1 Å². The number of carbonyl (C=O) groups excluding carboxylic acids is 2. The second kappa shape index (κ2) is 7.63. The molecule has 1 aliphatic carbocycles. The maximum absolute atomic E-state index is 12.1. The van der Waals surface area contributed by atoms with Gasteiger partial charge in [-0.15, -0.1) is 0 Å². The van der Waals surface area contributed by atoms with Crippen LogP contribution < -0.4 is 5.32 Å². The summed E-state index contributed by atoms with van der Waals surface area (Å²) < 4.78 is 0. The van der Waals surface area contributed by atoms with Crippen LogP contribution in [0.2, 0.25) is 5.02 Å². The summed E-state index contributed by atoms with van der Waals surface area (Å²) in [6, 6.07) is 5.72. The fraction of sp³-hybridized carbons (Fsp3) is 0.529. The first-order chi connectivity index (χ1) is 10.5. The fourth-order valence-electron chi connectivity index (χ4n) is 2.98. The number of hydrogen-bond acceptors (Lipinski definition) is 2. The van der Waals surface area contributed by atoms with E-state index in [1.54, 1.807) is 19.1 Å². The molecule has 2 rings (SSSR count). The first kappa shape index (κ1) is 16.8. The summed E-state index contributed by atoms with van der Waals surface area (Å²) in [6.45, 7) is 3.98. The number of halogens is 1. The molecular weight excluding hydrogens is 300 g/mol. The van der Waals surface area contributed by atoms with Gasteiger partial charge in [-0.05, 0) is 37.5 Å². The number of benzene rings is 1. The summed E-state index contributed by atoms with van der Waals surface area (Å²) in [5.74, 6) is -0.0340. The highest BCUT2D eigenvalue weighted by atomic mass is 35.5. The summed E-state index contributed by atoms with van der Waals surface area (Å²) in [5, 5.41) is 3.47. The third-order valence-corrected chi connectivity index (χ3v) is 4.46. The molecule has 120 valence electrons. The summed E-state index contributed by atoms with van der Waals surface area (Å²) in [5.41, 5.74) is 1.70. The third kappa shape index (κ3) is 4.47. The molecule has 1 aromatic carbocycles. The first-order valence-electron chi connectivity index (χ1n) is 7.80. The average molecular weight is 323 g/mol. The van der Waals surface area contributed by atoms with Gasteiger partial charge in [0.05, 0.1) is 0 Å². The molecule has 0 heterocycles. The predicted molar refractivity (Wildman–Crippen MR) is 89.1 cm³/mol. The Hall–Kier alpha value is -1.55. The van der Waals surface area contributed by atoms with Crippen molar-refractivity contribution in [3.63, 3.8) is 0 Å². The van der Waals surface area contributed by atoms with E-state index in [2.05, 4.69) is 5.32 Å². The number of nitrogens with zero attached hydrogens (tertiary/aromatic N) is 1. The molecule has 0 atom stereocenters. The third-order valence-electron chi connectivity index (χ3n) is 4.22. The van der Waals surface area contributed by atoms with Gasteiger partial charge in [-0.3, -0.25) is 9.59 Å². The van der Waals surface area contributed by atoms with Crippen molar-refractivity contribution in [1.29, 1.82) is 0 Å². The average Bonchev–Trinajstić information content (AvgIpc) is 2.96. The van der Waals surface area contributed by atoms with Crippen LogP contribution in [-0.2, 0) is 9.59 Å². The number of amides is 2. The lowest BCUT2D eigenvalue weighted by molar-refractivity contribution is -0.131. The second-order valence-electron chi connectivity index (χ2n) is 5.91. The Morgan fingerprint density at radius 3 is 2.64 bits per heavy atom. The van der Waals surface area contributed by atoms with Crippen molar-refractivity contribution in [2.24, 2.45) is 0 Å². The van der Waals surface area contributed by atoms with Gasteiger partial charge in [0.25, 0.3) is 0 Å². The molecule has 0 aliphatic heterocycles. The number of anilines is 1. The van der Waals surface area contributed by atoms with Crippen LogP contribution in [0.15, 0.2) is 18.2 Å². The normalized spacial score (nSPS) is 14.9. The van der Waals surface area contributed by atoms with Gasteiger partial charge in [0, 0.05) is 36.6 Å². The van der Waals surface area contributed by atoms with Gasteiger partial charge in [-0.1, -0.05) is 30.5 Å². The lowest BCUT2D eigenvalue weighted by Gasteiger charge is -2.27. The molecule has 4 nitrogen and oxygen atoms in total. The SMILES string of the molecule is CC(=O)N(CCC(=O)Nc1cc(Cl)ccc1C)C1CCCC1.